The lowest BCUT2D eigenvalue weighted by Gasteiger charge is -2.19. The van der Waals surface area contributed by atoms with Gasteiger partial charge in [-0.1, -0.05) is 116 Å². The van der Waals surface area contributed by atoms with Gasteiger partial charge in [0.25, 0.3) is 0 Å². The van der Waals surface area contributed by atoms with E-state index >= 15 is 0 Å². The minimum Gasteiger partial charge on any atom is -0.135 e. The molecule has 1 heteroatoms. The molecule has 0 bridgehead atoms. The van der Waals surface area contributed by atoms with Crippen LogP contribution in [0.15, 0.2) is 122 Å². The van der Waals surface area contributed by atoms with Gasteiger partial charge in [0.2, 0.25) is 0 Å². The summed E-state index contributed by atoms with van der Waals surface area (Å²) >= 11 is 1.83. The number of rotatable bonds is 4. The quantitative estimate of drug-likeness (QED) is 0.210. The molecule has 0 spiro atoms. The molecule has 0 aliphatic rings. The Morgan fingerprint density at radius 1 is 0.605 bits per heavy atom. The second kappa shape index (κ2) is 9.13. The largest absolute Gasteiger partial charge is 0.135 e. The van der Waals surface area contributed by atoms with Crippen LogP contribution in [-0.4, -0.2) is 0 Å². The number of hydrogen-bond acceptors (Lipinski definition) is 1. The summed E-state index contributed by atoms with van der Waals surface area (Å²) in [6.45, 7) is 6.21. The van der Waals surface area contributed by atoms with Crippen LogP contribution in [0.4, 0.5) is 0 Å². The highest BCUT2D eigenvalue weighted by molar-refractivity contribution is 7.20. The Labute approximate surface area is 226 Å². The van der Waals surface area contributed by atoms with Crippen molar-refractivity contribution in [2.24, 2.45) is 0 Å². The van der Waals surface area contributed by atoms with Gasteiger partial charge in [0.1, 0.15) is 0 Å². The minimum atomic E-state index is 1.21. The van der Waals surface area contributed by atoms with E-state index in [9.17, 15) is 0 Å². The first-order chi connectivity index (χ1) is 18.8. The van der Waals surface area contributed by atoms with E-state index in [1.165, 1.54) is 75.1 Å². The smallest absolute Gasteiger partial charge is 0.0355 e. The summed E-state index contributed by atoms with van der Waals surface area (Å²) < 4.78 is 1.29. The Hall–Kier alpha value is -4.46. The van der Waals surface area contributed by atoms with Crippen molar-refractivity contribution in [3.8, 4) is 22.3 Å². The number of fused-ring (bicyclic) bond motifs is 4. The van der Waals surface area contributed by atoms with Gasteiger partial charge in [0.05, 0.1) is 0 Å². The van der Waals surface area contributed by atoms with Crippen LogP contribution in [0, 0.1) is 0 Å². The standard InChI is InChI=1S/C37H26S/c1-3-12-34-26(4-2)33-23-25(21-22-35(33)38-34)36-29-16-7-9-18-31(29)37(32-19-10-8-17-30(32)36)28-20-11-14-24-13-5-6-15-27(24)28/h3-23H,2H2,1H3/b12-3-. The molecule has 0 radical (unpaired) electrons. The predicted octanol–water partition coefficient (Wildman–Crippen LogP) is 11.4. The zero-order valence-electron chi connectivity index (χ0n) is 21.2. The van der Waals surface area contributed by atoms with Gasteiger partial charge in [-0.05, 0) is 85.3 Å². The number of thiophene rings is 1. The van der Waals surface area contributed by atoms with Crippen LogP contribution in [0.25, 0.3) is 76.8 Å². The topological polar surface area (TPSA) is 0 Å². The Kier molecular flexibility index (Phi) is 5.46. The van der Waals surface area contributed by atoms with E-state index < -0.39 is 0 Å². The molecule has 0 atom stereocenters. The van der Waals surface area contributed by atoms with Crippen LogP contribution in [0.1, 0.15) is 17.4 Å². The first kappa shape index (κ1) is 22.7. The molecule has 7 aromatic rings. The van der Waals surface area contributed by atoms with E-state index in [0.717, 1.165) is 0 Å². The van der Waals surface area contributed by atoms with E-state index in [4.69, 9.17) is 0 Å². The average Bonchev–Trinajstić information content (AvgIpc) is 3.32. The minimum absolute atomic E-state index is 1.21. The molecule has 1 aromatic heterocycles. The molecular weight excluding hydrogens is 476 g/mol. The van der Waals surface area contributed by atoms with E-state index in [2.05, 4.69) is 135 Å². The summed E-state index contributed by atoms with van der Waals surface area (Å²) in [5.74, 6) is 0. The molecule has 0 nitrogen and oxygen atoms in total. The summed E-state index contributed by atoms with van der Waals surface area (Å²) in [6, 6.07) is 40.1. The van der Waals surface area contributed by atoms with Crippen molar-refractivity contribution < 1.29 is 0 Å². The van der Waals surface area contributed by atoms with Crippen molar-refractivity contribution in [2.45, 2.75) is 6.92 Å². The van der Waals surface area contributed by atoms with Crippen molar-refractivity contribution in [2.75, 3.05) is 0 Å². The molecule has 0 aliphatic heterocycles. The second-order valence-electron chi connectivity index (χ2n) is 9.66. The summed E-state index contributed by atoms with van der Waals surface area (Å²) in [7, 11) is 0. The van der Waals surface area contributed by atoms with Crippen molar-refractivity contribution in [3.63, 3.8) is 0 Å². The van der Waals surface area contributed by atoms with Gasteiger partial charge in [0, 0.05) is 15.0 Å². The second-order valence-corrected chi connectivity index (χ2v) is 10.7. The molecule has 0 unspecified atom stereocenters. The number of hydrogen-bond donors (Lipinski definition) is 0. The highest BCUT2D eigenvalue weighted by Gasteiger charge is 2.18. The fourth-order valence-electron chi connectivity index (χ4n) is 5.95. The van der Waals surface area contributed by atoms with Gasteiger partial charge in [-0.25, -0.2) is 0 Å². The SMILES string of the molecule is C=Cc1c(/C=C\C)sc2ccc(-c3c4ccccc4c(-c4cccc5ccccc45)c4ccccc34)cc12. The first-order valence-electron chi connectivity index (χ1n) is 13.0. The average molecular weight is 503 g/mol. The molecular formula is C37H26S. The lowest BCUT2D eigenvalue weighted by Crippen LogP contribution is -1.91. The molecule has 0 saturated carbocycles. The van der Waals surface area contributed by atoms with Crippen LogP contribution < -0.4 is 0 Å². The number of benzene rings is 6. The summed E-state index contributed by atoms with van der Waals surface area (Å²) in [5, 5.41) is 8.92. The van der Waals surface area contributed by atoms with E-state index in [0.29, 0.717) is 0 Å². The molecule has 0 amide bonds. The molecule has 0 fully saturated rings. The fourth-order valence-corrected chi connectivity index (χ4v) is 7.11. The van der Waals surface area contributed by atoms with E-state index in [1.807, 2.05) is 17.4 Å². The predicted molar refractivity (Wildman–Crippen MR) is 170 cm³/mol. The highest BCUT2D eigenvalue weighted by atomic mass is 32.1. The van der Waals surface area contributed by atoms with Crippen LogP contribution in [0.3, 0.4) is 0 Å². The molecule has 38 heavy (non-hydrogen) atoms. The van der Waals surface area contributed by atoms with Crippen molar-refractivity contribution in [3.05, 3.63) is 132 Å². The Morgan fingerprint density at radius 3 is 1.87 bits per heavy atom. The third kappa shape index (κ3) is 3.44. The molecule has 0 saturated heterocycles. The third-order valence-electron chi connectivity index (χ3n) is 7.56. The fraction of sp³-hybridized carbons (Fsp3) is 0.0270. The van der Waals surface area contributed by atoms with E-state index in [1.54, 1.807) is 0 Å². The van der Waals surface area contributed by atoms with Crippen LogP contribution in [0.2, 0.25) is 0 Å². The first-order valence-corrected chi connectivity index (χ1v) is 13.8. The molecule has 0 N–H and O–H groups in total. The van der Waals surface area contributed by atoms with Crippen molar-refractivity contribution >= 4 is 65.9 Å². The van der Waals surface area contributed by atoms with Crippen LogP contribution in [0.5, 0.6) is 0 Å². The lowest BCUT2D eigenvalue weighted by molar-refractivity contribution is 1.69. The van der Waals surface area contributed by atoms with Gasteiger partial charge >= 0.3 is 0 Å². The van der Waals surface area contributed by atoms with E-state index in [-0.39, 0.29) is 0 Å². The molecule has 6 aromatic carbocycles. The Balaban J connectivity index is 1.61. The molecule has 1 heterocycles. The zero-order chi connectivity index (χ0) is 25.6. The molecule has 0 aliphatic carbocycles. The third-order valence-corrected chi connectivity index (χ3v) is 8.71. The van der Waals surface area contributed by atoms with Crippen LogP contribution in [-0.2, 0) is 0 Å². The Morgan fingerprint density at radius 2 is 1.21 bits per heavy atom. The highest BCUT2D eigenvalue weighted by Crippen LogP contribution is 2.46. The molecule has 180 valence electrons. The van der Waals surface area contributed by atoms with Gasteiger partial charge in [0.15, 0.2) is 0 Å². The zero-order valence-corrected chi connectivity index (χ0v) is 22.1. The van der Waals surface area contributed by atoms with Crippen LogP contribution >= 0.6 is 11.3 Å². The maximum atomic E-state index is 4.14. The summed E-state index contributed by atoms with van der Waals surface area (Å²) in [4.78, 5) is 1.26. The maximum absolute atomic E-state index is 4.14. The van der Waals surface area contributed by atoms with Gasteiger partial charge in [-0.2, -0.15) is 0 Å². The van der Waals surface area contributed by atoms with Crippen molar-refractivity contribution in [1.82, 2.24) is 0 Å². The number of allylic oxidation sites excluding steroid dienone is 1. The normalized spacial score (nSPS) is 11.8. The van der Waals surface area contributed by atoms with Crippen molar-refractivity contribution in [1.29, 1.82) is 0 Å². The Bertz CT molecular complexity index is 1990. The maximum Gasteiger partial charge on any atom is 0.0355 e. The lowest BCUT2D eigenvalue weighted by atomic mass is 9.84. The van der Waals surface area contributed by atoms with Gasteiger partial charge < -0.3 is 0 Å². The molecule has 7 rings (SSSR count). The summed E-state index contributed by atoms with van der Waals surface area (Å²) in [5.41, 5.74) is 6.32. The van der Waals surface area contributed by atoms with Gasteiger partial charge in [-0.15, -0.1) is 11.3 Å². The van der Waals surface area contributed by atoms with Gasteiger partial charge in [-0.3, -0.25) is 0 Å². The monoisotopic (exact) mass is 502 g/mol. The summed E-state index contributed by atoms with van der Waals surface area (Å²) in [6.07, 6.45) is 6.29.